The first kappa shape index (κ1) is 12.9. The maximum Gasteiger partial charge on any atom is 0.158 e. The molecule has 0 aliphatic heterocycles. The Hall–Kier alpha value is -1.84. The highest BCUT2D eigenvalue weighted by atomic mass is 15.3. The molecule has 4 rings (SSSR count). The Labute approximate surface area is 125 Å². The summed E-state index contributed by atoms with van der Waals surface area (Å²) >= 11 is 0. The van der Waals surface area contributed by atoms with Gasteiger partial charge in [0, 0.05) is 17.6 Å². The largest absolute Gasteiger partial charge is 0.373 e. The lowest BCUT2D eigenvalue weighted by Crippen LogP contribution is -2.32. The Morgan fingerprint density at radius 3 is 2.38 bits per heavy atom. The third kappa shape index (κ3) is 2.43. The molecule has 1 aromatic carbocycles. The summed E-state index contributed by atoms with van der Waals surface area (Å²) in [6.07, 6.45) is 5.09. The SMILES string of the molecule is CC(C)(Nc1ccccc1)c1nnc(C2CC2)n1C1CC1. The number of aromatic nitrogens is 3. The molecule has 1 aromatic heterocycles. The third-order valence-corrected chi connectivity index (χ3v) is 4.37. The van der Waals surface area contributed by atoms with Crippen LogP contribution < -0.4 is 5.32 Å². The molecular weight excluding hydrogens is 260 g/mol. The summed E-state index contributed by atoms with van der Waals surface area (Å²) in [4.78, 5) is 0. The summed E-state index contributed by atoms with van der Waals surface area (Å²) in [6.45, 7) is 4.39. The molecule has 4 nitrogen and oxygen atoms in total. The van der Waals surface area contributed by atoms with Gasteiger partial charge in [-0.05, 0) is 51.7 Å². The first-order valence-electron chi connectivity index (χ1n) is 7.93. The van der Waals surface area contributed by atoms with Crippen LogP contribution in [0.25, 0.3) is 0 Å². The Bertz CT molecular complexity index is 636. The zero-order chi connectivity index (χ0) is 14.4. The molecule has 0 unspecified atom stereocenters. The Morgan fingerprint density at radius 2 is 1.76 bits per heavy atom. The van der Waals surface area contributed by atoms with E-state index in [-0.39, 0.29) is 5.54 Å². The first-order chi connectivity index (χ1) is 10.1. The average Bonchev–Trinajstić information content (AvgIpc) is 3.38. The van der Waals surface area contributed by atoms with Crippen LogP contribution >= 0.6 is 0 Å². The number of rotatable bonds is 5. The van der Waals surface area contributed by atoms with E-state index in [1.54, 1.807) is 0 Å². The van der Waals surface area contributed by atoms with Gasteiger partial charge < -0.3 is 9.88 Å². The maximum absolute atomic E-state index is 4.56. The van der Waals surface area contributed by atoms with Crippen LogP contribution in [0, 0.1) is 0 Å². The molecule has 1 N–H and O–H groups in total. The summed E-state index contributed by atoms with van der Waals surface area (Å²) in [5, 5.41) is 12.7. The van der Waals surface area contributed by atoms with Crippen molar-refractivity contribution in [2.75, 3.05) is 5.32 Å². The topological polar surface area (TPSA) is 42.7 Å². The summed E-state index contributed by atoms with van der Waals surface area (Å²) in [5.74, 6) is 2.95. The van der Waals surface area contributed by atoms with Gasteiger partial charge in [0.15, 0.2) is 5.82 Å². The van der Waals surface area contributed by atoms with E-state index in [0.29, 0.717) is 12.0 Å². The molecule has 1 heterocycles. The summed E-state index contributed by atoms with van der Waals surface area (Å²) in [6, 6.07) is 11.0. The van der Waals surface area contributed by atoms with Crippen LogP contribution in [0.2, 0.25) is 0 Å². The lowest BCUT2D eigenvalue weighted by molar-refractivity contribution is 0.507. The molecule has 2 aliphatic carbocycles. The van der Waals surface area contributed by atoms with Crippen LogP contribution in [0.1, 0.15) is 63.1 Å². The molecule has 0 atom stereocenters. The van der Waals surface area contributed by atoms with Gasteiger partial charge in [-0.15, -0.1) is 10.2 Å². The van der Waals surface area contributed by atoms with Gasteiger partial charge in [0.25, 0.3) is 0 Å². The standard InChI is InChI=1S/C17H22N4/c1-17(2,18-13-6-4-3-5-7-13)16-20-19-15(12-8-9-12)21(16)14-10-11-14/h3-7,12,14,18H,8-11H2,1-2H3. The lowest BCUT2D eigenvalue weighted by Gasteiger charge is -2.27. The van der Waals surface area contributed by atoms with E-state index in [0.717, 1.165) is 11.5 Å². The zero-order valence-corrected chi connectivity index (χ0v) is 12.7. The molecule has 0 amide bonds. The van der Waals surface area contributed by atoms with Crippen molar-refractivity contribution >= 4 is 5.69 Å². The van der Waals surface area contributed by atoms with Crippen molar-refractivity contribution in [1.29, 1.82) is 0 Å². The van der Waals surface area contributed by atoms with E-state index in [1.165, 1.54) is 31.5 Å². The van der Waals surface area contributed by atoms with Crippen molar-refractivity contribution in [3.05, 3.63) is 42.0 Å². The van der Waals surface area contributed by atoms with E-state index < -0.39 is 0 Å². The van der Waals surface area contributed by atoms with Gasteiger partial charge in [-0.25, -0.2) is 0 Å². The van der Waals surface area contributed by atoms with Crippen LogP contribution in [0.3, 0.4) is 0 Å². The molecule has 2 fully saturated rings. The number of hydrogen-bond donors (Lipinski definition) is 1. The van der Waals surface area contributed by atoms with Crippen LogP contribution in [0.5, 0.6) is 0 Å². The molecule has 0 bridgehead atoms. The number of nitrogens with one attached hydrogen (secondary N) is 1. The molecule has 21 heavy (non-hydrogen) atoms. The molecule has 2 aromatic rings. The van der Waals surface area contributed by atoms with Gasteiger partial charge in [-0.1, -0.05) is 18.2 Å². The predicted molar refractivity (Wildman–Crippen MR) is 83.4 cm³/mol. The van der Waals surface area contributed by atoms with Crippen molar-refractivity contribution in [2.45, 2.75) is 57.0 Å². The summed E-state index contributed by atoms with van der Waals surface area (Å²) in [5.41, 5.74) is 0.908. The van der Waals surface area contributed by atoms with Crippen molar-refractivity contribution in [1.82, 2.24) is 14.8 Å². The second-order valence-electron chi connectivity index (χ2n) is 6.87. The minimum atomic E-state index is -0.218. The normalized spacial score (nSPS) is 18.8. The second kappa shape index (κ2) is 4.58. The molecule has 4 heteroatoms. The molecule has 2 saturated carbocycles. The van der Waals surface area contributed by atoms with Crippen LogP contribution in [0.4, 0.5) is 5.69 Å². The second-order valence-corrected chi connectivity index (χ2v) is 6.87. The van der Waals surface area contributed by atoms with Crippen molar-refractivity contribution in [3.8, 4) is 0 Å². The van der Waals surface area contributed by atoms with Crippen LogP contribution in [-0.4, -0.2) is 14.8 Å². The van der Waals surface area contributed by atoms with Crippen LogP contribution in [0.15, 0.2) is 30.3 Å². The molecular formula is C17H22N4. The predicted octanol–water partition coefficient (Wildman–Crippen LogP) is 3.84. The minimum Gasteiger partial charge on any atom is -0.373 e. The number of nitrogens with zero attached hydrogens (tertiary/aromatic N) is 3. The monoisotopic (exact) mass is 282 g/mol. The van der Waals surface area contributed by atoms with Crippen molar-refractivity contribution in [3.63, 3.8) is 0 Å². The average molecular weight is 282 g/mol. The van der Waals surface area contributed by atoms with Crippen molar-refractivity contribution < 1.29 is 0 Å². The zero-order valence-electron chi connectivity index (χ0n) is 12.7. The van der Waals surface area contributed by atoms with E-state index in [9.17, 15) is 0 Å². The number of benzene rings is 1. The van der Waals surface area contributed by atoms with E-state index >= 15 is 0 Å². The highest BCUT2D eigenvalue weighted by Gasteiger charge is 2.39. The van der Waals surface area contributed by atoms with Gasteiger partial charge in [-0.2, -0.15) is 0 Å². The third-order valence-electron chi connectivity index (χ3n) is 4.37. The fourth-order valence-corrected chi connectivity index (χ4v) is 2.98. The lowest BCUT2D eigenvalue weighted by atomic mass is 10.0. The summed E-state index contributed by atoms with van der Waals surface area (Å²) in [7, 11) is 0. The highest BCUT2D eigenvalue weighted by Crippen LogP contribution is 2.46. The smallest absolute Gasteiger partial charge is 0.158 e. The Morgan fingerprint density at radius 1 is 1.05 bits per heavy atom. The number of hydrogen-bond acceptors (Lipinski definition) is 3. The van der Waals surface area contributed by atoms with E-state index in [2.05, 4.69) is 58.2 Å². The molecule has 110 valence electrons. The molecule has 2 aliphatic rings. The summed E-state index contributed by atoms with van der Waals surface area (Å²) < 4.78 is 2.42. The van der Waals surface area contributed by atoms with E-state index in [1.807, 2.05) is 6.07 Å². The Balaban J connectivity index is 1.68. The van der Waals surface area contributed by atoms with Gasteiger partial charge in [0.2, 0.25) is 0 Å². The van der Waals surface area contributed by atoms with Gasteiger partial charge >= 0.3 is 0 Å². The first-order valence-corrected chi connectivity index (χ1v) is 7.93. The molecule has 0 saturated heterocycles. The van der Waals surface area contributed by atoms with Gasteiger partial charge in [-0.3, -0.25) is 0 Å². The maximum atomic E-state index is 4.56. The van der Waals surface area contributed by atoms with E-state index in [4.69, 9.17) is 0 Å². The van der Waals surface area contributed by atoms with Crippen molar-refractivity contribution in [2.24, 2.45) is 0 Å². The number of para-hydroxylation sites is 1. The van der Waals surface area contributed by atoms with Gasteiger partial charge in [0.1, 0.15) is 5.82 Å². The quantitative estimate of drug-likeness (QED) is 0.906. The fourth-order valence-electron chi connectivity index (χ4n) is 2.98. The van der Waals surface area contributed by atoms with Crippen LogP contribution in [-0.2, 0) is 5.54 Å². The molecule has 0 spiro atoms. The Kier molecular flexibility index (Phi) is 2.81. The fraction of sp³-hybridized carbons (Fsp3) is 0.529. The minimum absolute atomic E-state index is 0.218. The van der Waals surface area contributed by atoms with Gasteiger partial charge in [0.05, 0.1) is 5.54 Å². The highest BCUT2D eigenvalue weighted by molar-refractivity contribution is 5.45. The molecule has 0 radical (unpaired) electrons. The number of anilines is 1.